The van der Waals surface area contributed by atoms with Gasteiger partial charge in [-0.25, -0.2) is 9.97 Å². The van der Waals surface area contributed by atoms with E-state index in [2.05, 4.69) is 30.8 Å². The van der Waals surface area contributed by atoms with Crippen molar-refractivity contribution in [3.8, 4) is 0 Å². The molecule has 0 aliphatic rings. The molecule has 0 unspecified atom stereocenters. The van der Waals surface area contributed by atoms with Crippen molar-refractivity contribution in [2.45, 2.75) is 20.3 Å². The molecule has 0 atom stereocenters. The summed E-state index contributed by atoms with van der Waals surface area (Å²) in [5, 5.41) is 14.0. The number of aryl methyl sites for hydroxylation is 2. The SMILES string of the molecule is Cc1cc(C)nc(NCC(=O)NCCc2nnc3ccccn23)n1. The van der Waals surface area contributed by atoms with Gasteiger partial charge in [-0.3, -0.25) is 9.20 Å². The Balaban J connectivity index is 1.47. The number of hydrogen-bond acceptors (Lipinski definition) is 6. The zero-order chi connectivity index (χ0) is 16.9. The molecule has 3 heterocycles. The van der Waals surface area contributed by atoms with Gasteiger partial charge in [0.2, 0.25) is 11.9 Å². The molecule has 3 rings (SSSR count). The number of aromatic nitrogens is 5. The summed E-state index contributed by atoms with van der Waals surface area (Å²) in [6.45, 7) is 4.40. The van der Waals surface area contributed by atoms with Gasteiger partial charge in [0, 0.05) is 30.6 Å². The third kappa shape index (κ3) is 3.83. The Hall–Kier alpha value is -3.03. The molecule has 0 fully saturated rings. The topological polar surface area (TPSA) is 97.1 Å². The number of hydrogen-bond donors (Lipinski definition) is 2. The van der Waals surface area contributed by atoms with Crippen LogP contribution in [-0.2, 0) is 11.2 Å². The third-order valence-corrected chi connectivity index (χ3v) is 3.44. The highest BCUT2D eigenvalue weighted by atomic mass is 16.1. The number of carbonyl (C=O) groups is 1. The predicted molar refractivity (Wildman–Crippen MR) is 89.7 cm³/mol. The molecule has 124 valence electrons. The number of pyridine rings is 1. The summed E-state index contributed by atoms with van der Waals surface area (Å²) in [5.41, 5.74) is 2.53. The highest BCUT2D eigenvalue weighted by molar-refractivity contribution is 5.80. The molecule has 8 nitrogen and oxygen atoms in total. The minimum absolute atomic E-state index is 0.119. The van der Waals surface area contributed by atoms with Crippen molar-refractivity contribution in [2.24, 2.45) is 0 Å². The summed E-state index contributed by atoms with van der Waals surface area (Å²) in [7, 11) is 0. The fourth-order valence-corrected chi connectivity index (χ4v) is 2.40. The van der Waals surface area contributed by atoms with E-state index in [0.29, 0.717) is 18.9 Å². The third-order valence-electron chi connectivity index (χ3n) is 3.44. The van der Waals surface area contributed by atoms with E-state index >= 15 is 0 Å². The van der Waals surface area contributed by atoms with Crippen LogP contribution >= 0.6 is 0 Å². The fraction of sp³-hybridized carbons (Fsp3) is 0.312. The van der Waals surface area contributed by atoms with Gasteiger partial charge >= 0.3 is 0 Å². The molecule has 0 aliphatic carbocycles. The van der Waals surface area contributed by atoms with Gasteiger partial charge in [-0.2, -0.15) is 0 Å². The quantitative estimate of drug-likeness (QED) is 0.699. The minimum Gasteiger partial charge on any atom is -0.354 e. The first-order valence-electron chi connectivity index (χ1n) is 7.73. The Morgan fingerprint density at radius 2 is 1.96 bits per heavy atom. The molecule has 8 heteroatoms. The van der Waals surface area contributed by atoms with Crippen LogP contribution < -0.4 is 10.6 Å². The predicted octanol–water partition coefficient (Wildman–Crippen LogP) is 0.907. The van der Waals surface area contributed by atoms with Gasteiger partial charge in [0.25, 0.3) is 0 Å². The van der Waals surface area contributed by atoms with E-state index in [4.69, 9.17) is 0 Å². The van der Waals surface area contributed by atoms with Crippen molar-refractivity contribution in [3.05, 3.63) is 47.7 Å². The first-order chi connectivity index (χ1) is 11.6. The molecular formula is C16H19N7O. The average molecular weight is 325 g/mol. The molecule has 24 heavy (non-hydrogen) atoms. The highest BCUT2D eigenvalue weighted by Gasteiger charge is 2.07. The minimum atomic E-state index is -0.119. The zero-order valence-corrected chi connectivity index (χ0v) is 13.7. The maximum atomic E-state index is 11.9. The van der Waals surface area contributed by atoms with Crippen LogP contribution in [0.3, 0.4) is 0 Å². The van der Waals surface area contributed by atoms with E-state index in [0.717, 1.165) is 22.9 Å². The fourth-order valence-electron chi connectivity index (χ4n) is 2.40. The molecule has 1 amide bonds. The van der Waals surface area contributed by atoms with Crippen LogP contribution in [0.25, 0.3) is 5.65 Å². The summed E-state index contributed by atoms with van der Waals surface area (Å²) >= 11 is 0. The molecule has 0 saturated heterocycles. The van der Waals surface area contributed by atoms with Gasteiger partial charge < -0.3 is 10.6 Å². The maximum Gasteiger partial charge on any atom is 0.239 e. The maximum absolute atomic E-state index is 11.9. The number of nitrogens with one attached hydrogen (secondary N) is 2. The molecule has 3 aromatic rings. The van der Waals surface area contributed by atoms with Crippen LogP contribution in [0.5, 0.6) is 0 Å². The number of amides is 1. The van der Waals surface area contributed by atoms with Gasteiger partial charge in [-0.15, -0.1) is 10.2 Å². The first-order valence-corrected chi connectivity index (χ1v) is 7.73. The van der Waals surface area contributed by atoms with E-state index < -0.39 is 0 Å². The van der Waals surface area contributed by atoms with Gasteiger partial charge in [-0.05, 0) is 32.0 Å². The van der Waals surface area contributed by atoms with Gasteiger partial charge in [0.15, 0.2) is 5.65 Å². The second-order valence-corrected chi connectivity index (χ2v) is 5.47. The molecule has 0 aromatic carbocycles. The summed E-state index contributed by atoms with van der Waals surface area (Å²) in [4.78, 5) is 20.4. The van der Waals surface area contributed by atoms with E-state index in [1.165, 1.54) is 0 Å². The lowest BCUT2D eigenvalue weighted by Crippen LogP contribution is -2.32. The van der Waals surface area contributed by atoms with Crippen LogP contribution in [0, 0.1) is 13.8 Å². The molecule has 2 N–H and O–H groups in total. The molecule has 0 spiro atoms. The van der Waals surface area contributed by atoms with Crippen molar-refractivity contribution in [1.29, 1.82) is 0 Å². The molecule has 0 bridgehead atoms. The van der Waals surface area contributed by atoms with E-state index in [-0.39, 0.29) is 12.5 Å². The van der Waals surface area contributed by atoms with Crippen molar-refractivity contribution >= 4 is 17.5 Å². The second-order valence-electron chi connectivity index (χ2n) is 5.47. The standard InChI is InChI=1S/C16H19N7O/c1-11-9-12(2)20-16(19-11)18-10-15(24)17-7-6-14-22-21-13-5-3-4-8-23(13)14/h3-5,8-9H,6-7,10H2,1-2H3,(H,17,24)(H,18,19,20). The normalized spacial score (nSPS) is 10.8. The summed E-state index contributed by atoms with van der Waals surface area (Å²) in [6.07, 6.45) is 2.52. The second kappa shape index (κ2) is 7.03. The van der Waals surface area contributed by atoms with E-state index in [9.17, 15) is 4.79 Å². The van der Waals surface area contributed by atoms with Crippen LogP contribution in [-0.4, -0.2) is 43.6 Å². The van der Waals surface area contributed by atoms with Crippen LogP contribution in [0.1, 0.15) is 17.2 Å². The Kier molecular flexibility index (Phi) is 4.64. The van der Waals surface area contributed by atoms with Crippen molar-refractivity contribution in [2.75, 3.05) is 18.4 Å². The van der Waals surface area contributed by atoms with Gasteiger partial charge in [0.1, 0.15) is 5.82 Å². The van der Waals surface area contributed by atoms with Crippen molar-refractivity contribution < 1.29 is 4.79 Å². The molecule has 0 aliphatic heterocycles. The monoisotopic (exact) mass is 325 g/mol. The number of fused-ring (bicyclic) bond motifs is 1. The van der Waals surface area contributed by atoms with E-state index in [1.807, 2.05) is 48.7 Å². The van der Waals surface area contributed by atoms with Crippen molar-refractivity contribution in [3.63, 3.8) is 0 Å². The molecule has 3 aromatic heterocycles. The van der Waals surface area contributed by atoms with Crippen molar-refractivity contribution in [1.82, 2.24) is 29.9 Å². The number of rotatable bonds is 6. The lowest BCUT2D eigenvalue weighted by Gasteiger charge is -2.07. The summed E-state index contributed by atoms with van der Waals surface area (Å²) in [6, 6.07) is 7.61. The lowest BCUT2D eigenvalue weighted by molar-refractivity contribution is -0.119. The number of carbonyl (C=O) groups excluding carboxylic acids is 1. The molecule has 0 radical (unpaired) electrons. The smallest absolute Gasteiger partial charge is 0.239 e. The van der Waals surface area contributed by atoms with Crippen LogP contribution in [0.15, 0.2) is 30.5 Å². The Labute approximate surface area is 139 Å². The Morgan fingerprint density at radius 3 is 2.75 bits per heavy atom. The zero-order valence-electron chi connectivity index (χ0n) is 13.7. The largest absolute Gasteiger partial charge is 0.354 e. The first kappa shape index (κ1) is 15.9. The Morgan fingerprint density at radius 1 is 1.17 bits per heavy atom. The average Bonchev–Trinajstić information content (AvgIpc) is 2.96. The molecule has 0 saturated carbocycles. The summed E-state index contributed by atoms with van der Waals surface area (Å²) in [5.74, 6) is 1.16. The van der Waals surface area contributed by atoms with E-state index in [1.54, 1.807) is 0 Å². The number of anilines is 1. The highest BCUT2D eigenvalue weighted by Crippen LogP contribution is 2.04. The lowest BCUT2D eigenvalue weighted by atomic mass is 10.3. The Bertz CT molecular complexity index is 838. The van der Waals surface area contributed by atoms with Crippen LogP contribution in [0.4, 0.5) is 5.95 Å². The number of nitrogens with zero attached hydrogens (tertiary/aromatic N) is 5. The van der Waals surface area contributed by atoms with Crippen LogP contribution in [0.2, 0.25) is 0 Å². The molecular weight excluding hydrogens is 306 g/mol. The van der Waals surface area contributed by atoms with Gasteiger partial charge in [-0.1, -0.05) is 6.07 Å². The summed E-state index contributed by atoms with van der Waals surface area (Å²) < 4.78 is 1.91. The van der Waals surface area contributed by atoms with Gasteiger partial charge in [0.05, 0.1) is 6.54 Å².